The summed E-state index contributed by atoms with van der Waals surface area (Å²) in [5.41, 5.74) is 0.791. The Morgan fingerprint density at radius 2 is 1.78 bits per heavy atom. The highest BCUT2D eigenvalue weighted by atomic mass is 79.9. The van der Waals surface area contributed by atoms with Crippen molar-refractivity contribution in [2.24, 2.45) is 11.3 Å². The van der Waals surface area contributed by atoms with Gasteiger partial charge in [-0.15, -0.1) is 0 Å². The summed E-state index contributed by atoms with van der Waals surface area (Å²) in [6, 6.07) is 7.17. The van der Waals surface area contributed by atoms with Crippen molar-refractivity contribution in [1.82, 2.24) is 0 Å². The van der Waals surface area contributed by atoms with Gasteiger partial charge in [0, 0.05) is 5.33 Å². The van der Waals surface area contributed by atoms with Crippen LogP contribution in [0.15, 0.2) is 29.2 Å². The van der Waals surface area contributed by atoms with Gasteiger partial charge in [0.2, 0.25) is 0 Å². The van der Waals surface area contributed by atoms with Crippen molar-refractivity contribution in [3.8, 4) is 0 Å². The maximum Gasteiger partial charge on any atom is 0.178 e. The quantitative estimate of drug-likeness (QED) is 0.785. The second-order valence-corrected chi connectivity index (χ2v) is 8.41. The third-order valence-electron chi connectivity index (χ3n) is 3.26. The molecule has 1 aromatic rings. The fourth-order valence-corrected chi connectivity index (χ4v) is 5.46. The lowest BCUT2D eigenvalue weighted by Crippen LogP contribution is -2.29. The van der Waals surface area contributed by atoms with Crippen LogP contribution in [0.1, 0.15) is 26.3 Å². The normalized spacial score (nSPS) is 14.5. The Labute approximate surface area is 119 Å². The summed E-state index contributed by atoms with van der Waals surface area (Å²) in [5, 5.41) is 0.696. The molecule has 0 bridgehead atoms. The summed E-state index contributed by atoms with van der Waals surface area (Å²) < 4.78 is 24.9. The minimum Gasteiger partial charge on any atom is -0.224 e. The molecule has 1 rings (SSSR count). The van der Waals surface area contributed by atoms with E-state index >= 15 is 0 Å². The summed E-state index contributed by atoms with van der Waals surface area (Å²) in [6.45, 7) is 8.07. The highest BCUT2D eigenvalue weighted by Crippen LogP contribution is 2.31. The van der Waals surface area contributed by atoms with E-state index in [0.717, 1.165) is 5.56 Å². The molecule has 102 valence electrons. The van der Waals surface area contributed by atoms with E-state index in [2.05, 4.69) is 36.7 Å². The maximum absolute atomic E-state index is 12.4. The van der Waals surface area contributed by atoms with Gasteiger partial charge in [-0.25, -0.2) is 8.42 Å². The number of halogens is 1. The highest BCUT2D eigenvalue weighted by Gasteiger charge is 2.30. The van der Waals surface area contributed by atoms with Crippen LogP contribution in [-0.4, -0.2) is 19.5 Å². The third kappa shape index (κ3) is 3.82. The molecule has 0 aromatic heterocycles. The van der Waals surface area contributed by atoms with Gasteiger partial charge in [0.05, 0.1) is 10.6 Å². The second-order valence-electron chi connectivity index (χ2n) is 5.76. The smallest absolute Gasteiger partial charge is 0.178 e. The van der Waals surface area contributed by atoms with Crippen LogP contribution in [0.4, 0.5) is 0 Å². The van der Waals surface area contributed by atoms with E-state index in [0.29, 0.717) is 10.2 Å². The van der Waals surface area contributed by atoms with Gasteiger partial charge in [-0.3, -0.25) is 0 Å². The average molecular weight is 333 g/mol. The summed E-state index contributed by atoms with van der Waals surface area (Å²) >= 11 is 3.43. The molecule has 0 amide bonds. The summed E-state index contributed by atoms with van der Waals surface area (Å²) in [6.07, 6.45) is 0. The van der Waals surface area contributed by atoms with E-state index in [9.17, 15) is 8.42 Å². The molecular weight excluding hydrogens is 312 g/mol. The molecule has 0 fully saturated rings. The summed E-state index contributed by atoms with van der Waals surface area (Å²) in [5.74, 6) is 0.286. The fraction of sp³-hybridized carbons (Fsp3) is 0.571. The minimum atomic E-state index is -3.22. The Bertz CT molecular complexity index is 501. The van der Waals surface area contributed by atoms with Gasteiger partial charge in [-0.1, -0.05) is 54.9 Å². The average Bonchev–Trinajstić information content (AvgIpc) is 2.24. The van der Waals surface area contributed by atoms with Gasteiger partial charge in [0.25, 0.3) is 0 Å². The summed E-state index contributed by atoms with van der Waals surface area (Å²) in [7, 11) is -3.22. The van der Waals surface area contributed by atoms with Crippen molar-refractivity contribution >= 4 is 25.8 Å². The molecule has 0 aliphatic heterocycles. The zero-order valence-electron chi connectivity index (χ0n) is 11.4. The number of sulfone groups is 1. The molecule has 0 saturated heterocycles. The number of benzene rings is 1. The Morgan fingerprint density at radius 1 is 1.22 bits per heavy atom. The van der Waals surface area contributed by atoms with Gasteiger partial charge >= 0.3 is 0 Å². The van der Waals surface area contributed by atoms with Gasteiger partial charge in [0.1, 0.15) is 0 Å². The number of alkyl halides is 1. The van der Waals surface area contributed by atoms with E-state index in [1.165, 1.54) is 0 Å². The van der Waals surface area contributed by atoms with Gasteiger partial charge in [-0.2, -0.15) is 0 Å². The van der Waals surface area contributed by atoms with E-state index in [1.807, 2.05) is 19.1 Å². The molecule has 0 aliphatic carbocycles. The molecule has 0 heterocycles. The van der Waals surface area contributed by atoms with Crippen LogP contribution in [0.3, 0.4) is 0 Å². The van der Waals surface area contributed by atoms with E-state index in [-0.39, 0.29) is 17.1 Å². The Kier molecular flexibility index (Phi) is 5.01. The topological polar surface area (TPSA) is 34.1 Å². The van der Waals surface area contributed by atoms with Gasteiger partial charge in [-0.05, 0) is 29.9 Å². The molecule has 0 spiro atoms. The number of hydrogen-bond acceptors (Lipinski definition) is 2. The zero-order chi connectivity index (χ0) is 14.0. The first-order chi connectivity index (χ1) is 8.18. The van der Waals surface area contributed by atoms with Crippen molar-refractivity contribution < 1.29 is 8.42 Å². The van der Waals surface area contributed by atoms with Crippen molar-refractivity contribution in [2.75, 3.05) is 11.1 Å². The first-order valence-corrected chi connectivity index (χ1v) is 8.80. The summed E-state index contributed by atoms with van der Waals surface area (Å²) in [4.78, 5) is 0.459. The minimum absolute atomic E-state index is 0.0285. The zero-order valence-corrected chi connectivity index (χ0v) is 13.8. The molecule has 0 aliphatic rings. The molecule has 4 heteroatoms. The predicted octanol–water partition coefficient (Wildman–Crippen LogP) is 3.83. The van der Waals surface area contributed by atoms with Crippen LogP contribution in [0.5, 0.6) is 0 Å². The van der Waals surface area contributed by atoms with Crippen LogP contribution in [0.25, 0.3) is 0 Å². The molecule has 1 atom stereocenters. The molecule has 18 heavy (non-hydrogen) atoms. The third-order valence-corrected chi connectivity index (χ3v) is 6.01. The van der Waals surface area contributed by atoms with E-state index < -0.39 is 9.84 Å². The molecule has 0 N–H and O–H groups in total. The largest absolute Gasteiger partial charge is 0.224 e. The predicted molar refractivity (Wildman–Crippen MR) is 80.0 cm³/mol. The first-order valence-electron chi connectivity index (χ1n) is 6.03. The lowest BCUT2D eigenvalue weighted by atomic mass is 9.83. The van der Waals surface area contributed by atoms with Gasteiger partial charge < -0.3 is 0 Å². The molecule has 0 saturated carbocycles. The molecule has 0 radical (unpaired) electrons. The van der Waals surface area contributed by atoms with Crippen LogP contribution >= 0.6 is 15.9 Å². The molecule has 1 unspecified atom stereocenters. The SMILES string of the molecule is Cc1ccccc1S(=O)(=O)CC(CBr)C(C)(C)C. The first kappa shape index (κ1) is 15.7. The lowest BCUT2D eigenvalue weighted by molar-refractivity contribution is 0.291. The molecule has 1 aromatic carbocycles. The second kappa shape index (κ2) is 5.74. The maximum atomic E-state index is 12.4. The van der Waals surface area contributed by atoms with Crippen LogP contribution in [-0.2, 0) is 9.84 Å². The monoisotopic (exact) mass is 332 g/mol. The van der Waals surface area contributed by atoms with Crippen molar-refractivity contribution in [3.63, 3.8) is 0 Å². The van der Waals surface area contributed by atoms with Crippen LogP contribution in [0, 0.1) is 18.3 Å². The Hall–Kier alpha value is -0.350. The number of rotatable bonds is 4. The molecule has 2 nitrogen and oxygen atoms in total. The standard InChI is InChI=1S/C14H21BrO2S/c1-11-7-5-6-8-13(11)18(16,17)10-12(9-15)14(2,3)4/h5-8,12H,9-10H2,1-4H3. The number of hydrogen-bond donors (Lipinski definition) is 0. The lowest BCUT2D eigenvalue weighted by Gasteiger charge is -2.29. The fourth-order valence-electron chi connectivity index (χ4n) is 1.79. The van der Waals surface area contributed by atoms with Crippen molar-refractivity contribution in [1.29, 1.82) is 0 Å². The van der Waals surface area contributed by atoms with Crippen molar-refractivity contribution in [2.45, 2.75) is 32.6 Å². The number of aryl methyl sites for hydroxylation is 1. The van der Waals surface area contributed by atoms with Crippen molar-refractivity contribution in [3.05, 3.63) is 29.8 Å². The van der Waals surface area contributed by atoms with E-state index in [4.69, 9.17) is 0 Å². The van der Waals surface area contributed by atoms with Gasteiger partial charge in [0.15, 0.2) is 9.84 Å². The Morgan fingerprint density at radius 3 is 2.22 bits per heavy atom. The van der Waals surface area contributed by atoms with Crippen LogP contribution < -0.4 is 0 Å². The van der Waals surface area contributed by atoms with E-state index in [1.54, 1.807) is 12.1 Å². The molecular formula is C14H21BrO2S. The highest BCUT2D eigenvalue weighted by molar-refractivity contribution is 9.09. The van der Waals surface area contributed by atoms with Crippen LogP contribution in [0.2, 0.25) is 0 Å². The Balaban J connectivity index is 3.06.